The molecule has 1 N–H and O–H groups in total. The van der Waals surface area contributed by atoms with Gasteiger partial charge in [0.25, 0.3) is 0 Å². The first-order chi connectivity index (χ1) is 8.61. The highest BCUT2D eigenvalue weighted by molar-refractivity contribution is 6.32. The summed E-state index contributed by atoms with van der Waals surface area (Å²) in [7, 11) is 0. The van der Waals surface area contributed by atoms with Gasteiger partial charge in [-0.15, -0.1) is 0 Å². The Bertz CT molecular complexity index is 574. The van der Waals surface area contributed by atoms with Crippen LogP contribution in [0.25, 0.3) is 11.0 Å². The molecule has 3 nitrogen and oxygen atoms in total. The molecule has 4 heteroatoms. The van der Waals surface area contributed by atoms with Gasteiger partial charge in [-0.25, -0.2) is 0 Å². The van der Waals surface area contributed by atoms with E-state index in [1.54, 1.807) is 6.26 Å². The number of fused-ring (bicyclic) bond motifs is 1. The maximum atomic E-state index is 11.7. The number of halogens is 1. The number of nitrogens with one attached hydrogen (secondary N) is 1. The SMILES string of the molecule is CCCNC(=O)Cc1coc2cc(C)c(Cl)cc12. The van der Waals surface area contributed by atoms with E-state index in [2.05, 4.69) is 5.32 Å². The van der Waals surface area contributed by atoms with Gasteiger partial charge in [0.2, 0.25) is 5.91 Å². The molecule has 0 unspecified atom stereocenters. The minimum absolute atomic E-state index is 0.0104. The number of benzene rings is 1. The molecule has 0 spiro atoms. The van der Waals surface area contributed by atoms with Gasteiger partial charge in [-0.1, -0.05) is 18.5 Å². The second-order valence-corrected chi connectivity index (χ2v) is 4.79. The van der Waals surface area contributed by atoms with Crippen LogP contribution in [0, 0.1) is 6.92 Å². The Morgan fingerprint density at radius 3 is 2.94 bits per heavy atom. The van der Waals surface area contributed by atoms with E-state index in [9.17, 15) is 4.79 Å². The fraction of sp³-hybridized carbons (Fsp3) is 0.357. The highest BCUT2D eigenvalue weighted by Crippen LogP contribution is 2.27. The van der Waals surface area contributed by atoms with Crippen LogP contribution in [0.5, 0.6) is 0 Å². The molecule has 1 aromatic carbocycles. The van der Waals surface area contributed by atoms with Crippen molar-refractivity contribution >= 4 is 28.5 Å². The van der Waals surface area contributed by atoms with E-state index in [-0.39, 0.29) is 5.91 Å². The van der Waals surface area contributed by atoms with Gasteiger partial charge >= 0.3 is 0 Å². The normalized spacial score (nSPS) is 10.8. The standard InChI is InChI=1S/C14H16ClNO2/c1-3-4-16-14(17)6-10-8-18-13-5-9(2)12(15)7-11(10)13/h5,7-8H,3-4,6H2,1-2H3,(H,16,17). The van der Waals surface area contributed by atoms with Crippen molar-refractivity contribution in [3.05, 3.63) is 34.5 Å². The van der Waals surface area contributed by atoms with E-state index in [0.29, 0.717) is 18.0 Å². The van der Waals surface area contributed by atoms with Crippen molar-refractivity contribution in [3.63, 3.8) is 0 Å². The fourth-order valence-electron chi connectivity index (χ4n) is 1.84. The Kier molecular flexibility index (Phi) is 3.92. The van der Waals surface area contributed by atoms with Crippen LogP contribution in [-0.4, -0.2) is 12.5 Å². The van der Waals surface area contributed by atoms with Crippen molar-refractivity contribution in [1.29, 1.82) is 0 Å². The van der Waals surface area contributed by atoms with E-state index in [4.69, 9.17) is 16.0 Å². The summed E-state index contributed by atoms with van der Waals surface area (Å²) >= 11 is 6.09. The molecule has 1 amide bonds. The maximum Gasteiger partial charge on any atom is 0.224 e. The second kappa shape index (κ2) is 5.44. The summed E-state index contributed by atoms with van der Waals surface area (Å²) in [6.07, 6.45) is 2.89. The molecule has 1 heterocycles. The minimum Gasteiger partial charge on any atom is -0.464 e. The van der Waals surface area contributed by atoms with Crippen molar-refractivity contribution in [2.45, 2.75) is 26.7 Å². The molecule has 0 fully saturated rings. The lowest BCUT2D eigenvalue weighted by Gasteiger charge is -2.02. The second-order valence-electron chi connectivity index (χ2n) is 4.39. The predicted molar refractivity (Wildman–Crippen MR) is 73.0 cm³/mol. The Labute approximate surface area is 111 Å². The molecule has 0 atom stereocenters. The van der Waals surface area contributed by atoms with Crippen LogP contribution >= 0.6 is 11.6 Å². The van der Waals surface area contributed by atoms with Crippen molar-refractivity contribution in [2.75, 3.05) is 6.54 Å². The minimum atomic E-state index is 0.0104. The third-order valence-electron chi connectivity index (χ3n) is 2.86. The lowest BCUT2D eigenvalue weighted by molar-refractivity contribution is -0.120. The summed E-state index contributed by atoms with van der Waals surface area (Å²) in [5.41, 5.74) is 2.62. The largest absolute Gasteiger partial charge is 0.464 e. The number of carbonyl (C=O) groups excluding carboxylic acids is 1. The predicted octanol–water partition coefficient (Wildman–Crippen LogP) is 3.46. The van der Waals surface area contributed by atoms with Gasteiger partial charge in [0, 0.05) is 22.5 Å². The lowest BCUT2D eigenvalue weighted by atomic mass is 10.1. The Balaban J connectivity index is 2.24. The van der Waals surface area contributed by atoms with Gasteiger partial charge in [0.05, 0.1) is 12.7 Å². The number of hydrogen-bond acceptors (Lipinski definition) is 2. The average molecular weight is 266 g/mol. The van der Waals surface area contributed by atoms with Gasteiger partial charge in [0.1, 0.15) is 5.58 Å². The highest BCUT2D eigenvalue weighted by atomic mass is 35.5. The molecule has 0 saturated heterocycles. The smallest absolute Gasteiger partial charge is 0.224 e. The monoisotopic (exact) mass is 265 g/mol. The van der Waals surface area contributed by atoms with Crippen LogP contribution in [0.2, 0.25) is 5.02 Å². The van der Waals surface area contributed by atoms with E-state index < -0.39 is 0 Å². The summed E-state index contributed by atoms with van der Waals surface area (Å²) in [4.78, 5) is 11.7. The van der Waals surface area contributed by atoms with Gasteiger partial charge in [0.15, 0.2) is 0 Å². The zero-order chi connectivity index (χ0) is 13.1. The molecule has 0 aliphatic rings. The summed E-state index contributed by atoms with van der Waals surface area (Å²) in [6.45, 7) is 4.66. The molecule has 0 aliphatic heterocycles. The number of rotatable bonds is 4. The summed E-state index contributed by atoms with van der Waals surface area (Å²) < 4.78 is 5.45. The molecule has 96 valence electrons. The van der Waals surface area contributed by atoms with Gasteiger partial charge in [-0.3, -0.25) is 4.79 Å². The first kappa shape index (κ1) is 13.0. The molecule has 0 aliphatic carbocycles. The zero-order valence-electron chi connectivity index (χ0n) is 10.5. The maximum absolute atomic E-state index is 11.7. The summed E-state index contributed by atoms with van der Waals surface area (Å²) in [5.74, 6) is 0.0104. The van der Waals surface area contributed by atoms with Crippen molar-refractivity contribution in [3.8, 4) is 0 Å². The van der Waals surface area contributed by atoms with Gasteiger partial charge in [-0.05, 0) is 31.0 Å². The van der Waals surface area contributed by atoms with Gasteiger partial charge < -0.3 is 9.73 Å². The zero-order valence-corrected chi connectivity index (χ0v) is 11.3. The number of carbonyl (C=O) groups is 1. The lowest BCUT2D eigenvalue weighted by Crippen LogP contribution is -2.25. The highest BCUT2D eigenvalue weighted by Gasteiger charge is 2.11. The molecule has 0 radical (unpaired) electrons. The van der Waals surface area contributed by atoms with Crippen LogP contribution in [0.1, 0.15) is 24.5 Å². The van der Waals surface area contributed by atoms with E-state index in [0.717, 1.165) is 28.5 Å². The fourth-order valence-corrected chi connectivity index (χ4v) is 2.00. The molecule has 1 aromatic heterocycles. The van der Waals surface area contributed by atoms with Crippen LogP contribution in [0.3, 0.4) is 0 Å². The Morgan fingerprint density at radius 1 is 1.44 bits per heavy atom. The molecule has 2 rings (SSSR count). The Hall–Kier alpha value is -1.48. The molecule has 2 aromatic rings. The van der Waals surface area contributed by atoms with Gasteiger partial charge in [-0.2, -0.15) is 0 Å². The third kappa shape index (κ3) is 2.67. The van der Waals surface area contributed by atoms with Crippen LogP contribution < -0.4 is 5.32 Å². The van der Waals surface area contributed by atoms with E-state index in [1.165, 1.54) is 0 Å². The third-order valence-corrected chi connectivity index (χ3v) is 3.27. The summed E-state index contributed by atoms with van der Waals surface area (Å²) in [6, 6.07) is 3.75. The molecule has 0 saturated carbocycles. The van der Waals surface area contributed by atoms with E-state index >= 15 is 0 Å². The quantitative estimate of drug-likeness (QED) is 0.920. The molecule has 0 bridgehead atoms. The van der Waals surface area contributed by atoms with Crippen LogP contribution in [-0.2, 0) is 11.2 Å². The first-order valence-corrected chi connectivity index (χ1v) is 6.42. The molecular weight excluding hydrogens is 250 g/mol. The van der Waals surface area contributed by atoms with Crippen molar-refractivity contribution in [1.82, 2.24) is 5.32 Å². The van der Waals surface area contributed by atoms with Crippen molar-refractivity contribution < 1.29 is 9.21 Å². The average Bonchev–Trinajstić information content (AvgIpc) is 2.70. The van der Waals surface area contributed by atoms with Crippen molar-refractivity contribution in [2.24, 2.45) is 0 Å². The Morgan fingerprint density at radius 2 is 2.22 bits per heavy atom. The van der Waals surface area contributed by atoms with Crippen LogP contribution in [0.4, 0.5) is 0 Å². The number of furan rings is 1. The number of amides is 1. The number of hydrogen-bond donors (Lipinski definition) is 1. The topological polar surface area (TPSA) is 42.2 Å². The van der Waals surface area contributed by atoms with Crippen LogP contribution in [0.15, 0.2) is 22.8 Å². The first-order valence-electron chi connectivity index (χ1n) is 6.04. The number of aryl methyl sites for hydroxylation is 1. The molecular formula is C14H16ClNO2. The summed E-state index contributed by atoms with van der Waals surface area (Å²) in [5, 5.41) is 4.46. The molecule has 18 heavy (non-hydrogen) atoms. The van der Waals surface area contributed by atoms with E-state index in [1.807, 2.05) is 26.0 Å².